The van der Waals surface area contributed by atoms with Gasteiger partial charge in [-0.1, -0.05) is 26.2 Å². The summed E-state index contributed by atoms with van der Waals surface area (Å²) in [6.45, 7) is 1.66. The molecule has 1 saturated carbocycles. The van der Waals surface area contributed by atoms with Gasteiger partial charge in [-0.05, 0) is 12.8 Å². The van der Waals surface area contributed by atoms with Crippen LogP contribution in [0.1, 0.15) is 39.0 Å². The first kappa shape index (κ1) is 14.4. The van der Waals surface area contributed by atoms with Crippen LogP contribution in [0.2, 0.25) is 0 Å². The maximum atomic E-state index is 11.6. The van der Waals surface area contributed by atoms with Crippen LogP contribution in [0.4, 0.5) is 0 Å². The first-order valence-corrected chi connectivity index (χ1v) is 7.35. The number of hydrogen-bond acceptors (Lipinski definition) is 3. The van der Waals surface area contributed by atoms with Crippen molar-refractivity contribution in [2.75, 3.05) is 11.5 Å². The summed E-state index contributed by atoms with van der Waals surface area (Å²) in [5, 5.41) is 11.7. The lowest BCUT2D eigenvalue weighted by Gasteiger charge is -2.22. The molecule has 4 nitrogen and oxygen atoms in total. The highest BCUT2D eigenvalue weighted by Crippen LogP contribution is 2.17. The van der Waals surface area contributed by atoms with Crippen LogP contribution in [0.15, 0.2) is 0 Å². The fraction of sp³-hybridized carbons (Fsp3) is 0.833. The largest absolute Gasteiger partial charge is 0.481 e. The van der Waals surface area contributed by atoms with E-state index in [1.165, 1.54) is 31.0 Å². The minimum atomic E-state index is -0.801. The third kappa shape index (κ3) is 5.96. The topological polar surface area (TPSA) is 66.4 Å². The number of carboxylic acid groups (broad SMARTS) is 1. The molecular weight excluding hydrogens is 238 g/mol. The molecule has 0 spiro atoms. The molecule has 0 heterocycles. The van der Waals surface area contributed by atoms with Gasteiger partial charge in [-0.15, -0.1) is 0 Å². The fourth-order valence-corrected chi connectivity index (χ4v) is 2.80. The highest BCUT2D eigenvalue weighted by Gasteiger charge is 2.16. The molecule has 1 fully saturated rings. The molecule has 0 aromatic heterocycles. The Bertz CT molecular complexity index is 264. The number of hydrogen-bond donors (Lipinski definition) is 2. The van der Waals surface area contributed by atoms with Crippen LogP contribution < -0.4 is 5.32 Å². The minimum absolute atomic E-state index is 0.0412. The summed E-state index contributed by atoms with van der Waals surface area (Å²) in [6.07, 6.45) is 5.85. The van der Waals surface area contributed by atoms with Gasteiger partial charge in [0.15, 0.2) is 0 Å². The molecule has 0 radical (unpaired) electrons. The number of carbonyl (C=O) groups is 2. The average Bonchev–Trinajstić information content (AvgIpc) is 2.30. The number of carboxylic acids is 1. The van der Waals surface area contributed by atoms with Gasteiger partial charge in [-0.25, -0.2) is 0 Å². The Balaban J connectivity index is 2.10. The third-order valence-electron chi connectivity index (χ3n) is 2.99. The number of amides is 1. The first-order chi connectivity index (χ1) is 8.09. The van der Waals surface area contributed by atoms with Crippen molar-refractivity contribution < 1.29 is 14.7 Å². The van der Waals surface area contributed by atoms with E-state index in [0.29, 0.717) is 17.5 Å². The van der Waals surface area contributed by atoms with Crippen molar-refractivity contribution in [1.82, 2.24) is 5.32 Å². The molecule has 0 aromatic carbocycles. The molecule has 17 heavy (non-hydrogen) atoms. The molecule has 0 bridgehead atoms. The van der Waals surface area contributed by atoms with E-state index in [1.807, 2.05) is 0 Å². The van der Waals surface area contributed by atoms with Gasteiger partial charge in [-0.3, -0.25) is 9.59 Å². The van der Waals surface area contributed by atoms with Crippen molar-refractivity contribution >= 4 is 23.6 Å². The van der Waals surface area contributed by atoms with Crippen molar-refractivity contribution in [3.05, 3.63) is 0 Å². The SMILES string of the molecule is CC(CSCC(=O)NC1CCCCC1)C(=O)O. The minimum Gasteiger partial charge on any atom is -0.481 e. The summed E-state index contributed by atoms with van der Waals surface area (Å²) in [6, 6.07) is 0.341. The molecule has 2 N–H and O–H groups in total. The zero-order valence-electron chi connectivity index (χ0n) is 10.3. The van der Waals surface area contributed by atoms with Crippen molar-refractivity contribution in [3.63, 3.8) is 0 Å². The zero-order valence-corrected chi connectivity index (χ0v) is 11.1. The predicted molar refractivity (Wildman–Crippen MR) is 69.1 cm³/mol. The van der Waals surface area contributed by atoms with Crippen LogP contribution in [-0.4, -0.2) is 34.5 Å². The Morgan fingerprint density at radius 1 is 1.35 bits per heavy atom. The second kappa shape index (κ2) is 7.58. The van der Waals surface area contributed by atoms with E-state index in [0.717, 1.165) is 12.8 Å². The van der Waals surface area contributed by atoms with Gasteiger partial charge in [-0.2, -0.15) is 11.8 Å². The molecule has 1 aliphatic carbocycles. The van der Waals surface area contributed by atoms with Crippen molar-refractivity contribution in [2.24, 2.45) is 5.92 Å². The maximum Gasteiger partial charge on any atom is 0.307 e. The van der Waals surface area contributed by atoms with E-state index in [9.17, 15) is 9.59 Å². The Kier molecular flexibility index (Phi) is 6.40. The average molecular weight is 259 g/mol. The van der Waals surface area contributed by atoms with Crippen LogP contribution in [0.3, 0.4) is 0 Å². The normalized spacial score (nSPS) is 18.6. The standard InChI is InChI=1S/C12H21NO3S/c1-9(12(15)16)7-17-8-11(14)13-10-5-3-2-4-6-10/h9-10H,2-8H2,1H3,(H,13,14)(H,15,16). The van der Waals surface area contributed by atoms with E-state index >= 15 is 0 Å². The van der Waals surface area contributed by atoms with Crippen LogP contribution in [-0.2, 0) is 9.59 Å². The molecule has 0 saturated heterocycles. The summed E-state index contributed by atoms with van der Waals surface area (Å²) in [7, 11) is 0. The maximum absolute atomic E-state index is 11.6. The van der Waals surface area contributed by atoms with Crippen LogP contribution in [0, 0.1) is 5.92 Å². The molecule has 1 amide bonds. The van der Waals surface area contributed by atoms with Gasteiger partial charge in [0.1, 0.15) is 0 Å². The Hall–Kier alpha value is -0.710. The second-order valence-electron chi connectivity index (χ2n) is 4.66. The van der Waals surface area contributed by atoms with Gasteiger partial charge >= 0.3 is 5.97 Å². The van der Waals surface area contributed by atoms with Crippen LogP contribution in [0.25, 0.3) is 0 Å². The molecule has 0 aliphatic heterocycles. The summed E-state index contributed by atoms with van der Waals surface area (Å²) in [4.78, 5) is 22.2. The lowest BCUT2D eigenvalue weighted by atomic mass is 9.95. The molecule has 1 aliphatic rings. The van der Waals surface area contributed by atoms with Gasteiger partial charge in [0, 0.05) is 11.8 Å². The summed E-state index contributed by atoms with van der Waals surface area (Å²) in [5.41, 5.74) is 0. The molecule has 0 aromatic rings. The lowest BCUT2D eigenvalue weighted by Crippen LogP contribution is -2.37. The number of carbonyl (C=O) groups excluding carboxylic acids is 1. The second-order valence-corrected chi connectivity index (χ2v) is 5.69. The summed E-state index contributed by atoms with van der Waals surface area (Å²) in [5.74, 6) is -0.284. The van der Waals surface area contributed by atoms with Gasteiger partial charge in [0.2, 0.25) is 5.91 Å². The summed E-state index contributed by atoms with van der Waals surface area (Å²) >= 11 is 1.39. The highest BCUT2D eigenvalue weighted by atomic mass is 32.2. The van der Waals surface area contributed by atoms with E-state index in [-0.39, 0.29) is 11.8 Å². The van der Waals surface area contributed by atoms with Crippen LogP contribution >= 0.6 is 11.8 Å². The summed E-state index contributed by atoms with van der Waals surface area (Å²) < 4.78 is 0. The number of nitrogens with one attached hydrogen (secondary N) is 1. The van der Waals surface area contributed by atoms with Crippen molar-refractivity contribution in [3.8, 4) is 0 Å². The first-order valence-electron chi connectivity index (χ1n) is 6.19. The van der Waals surface area contributed by atoms with Gasteiger partial charge < -0.3 is 10.4 Å². The Labute approximate surface area is 107 Å². The zero-order chi connectivity index (χ0) is 12.7. The van der Waals surface area contributed by atoms with Crippen molar-refractivity contribution in [2.45, 2.75) is 45.1 Å². The number of thioether (sulfide) groups is 1. The third-order valence-corrected chi connectivity index (χ3v) is 4.19. The molecule has 5 heteroatoms. The number of rotatable bonds is 6. The Morgan fingerprint density at radius 3 is 2.59 bits per heavy atom. The monoisotopic (exact) mass is 259 g/mol. The molecule has 1 atom stereocenters. The predicted octanol–water partition coefficient (Wildman–Crippen LogP) is 1.89. The van der Waals surface area contributed by atoms with E-state index in [4.69, 9.17) is 5.11 Å². The van der Waals surface area contributed by atoms with Gasteiger partial charge in [0.05, 0.1) is 11.7 Å². The highest BCUT2D eigenvalue weighted by molar-refractivity contribution is 7.99. The number of aliphatic carboxylic acids is 1. The van der Waals surface area contributed by atoms with E-state index < -0.39 is 5.97 Å². The van der Waals surface area contributed by atoms with Crippen molar-refractivity contribution in [1.29, 1.82) is 0 Å². The smallest absolute Gasteiger partial charge is 0.307 e. The van der Waals surface area contributed by atoms with E-state index in [1.54, 1.807) is 6.92 Å². The Morgan fingerprint density at radius 2 is 2.00 bits per heavy atom. The van der Waals surface area contributed by atoms with Gasteiger partial charge in [0.25, 0.3) is 0 Å². The van der Waals surface area contributed by atoms with Crippen LogP contribution in [0.5, 0.6) is 0 Å². The lowest BCUT2D eigenvalue weighted by molar-refractivity contribution is -0.140. The molecule has 1 rings (SSSR count). The molecule has 1 unspecified atom stereocenters. The van der Waals surface area contributed by atoms with E-state index in [2.05, 4.69) is 5.32 Å². The fourth-order valence-electron chi connectivity index (χ4n) is 1.92. The molecular formula is C12H21NO3S. The quantitative estimate of drug-likeness (QED) is 0.764. The molecule has 98 valence electrons.